The van der Waals surface area contributed by atoms with Gasteiger partial charge in [0.15, 0.2) is 0 Å². The Morgan fingerprint density at radius 1 is 1.41 bits per heavy atom. The van der Waals surface area contributed by atoms with Crippen LogP contribution < -0.4 is 15.8 Å². The van der Waals surface area contributed by atoms with Crippen LogP contribution in [-0.4, -0.2) is 24.6 Å². The summed E-state index contributed by atoms with van der Waals surface area (Å²) in [5.74, 6) is 0.613. The second-order valence-electron chi connectivity index (χ2n) is 5.29. The smallest absolute Gasteiger partial charge is 0.251 e. The van der Waals surface area contributed by atoms with E-state index in [4.69, 9.17) is 22.1 Å². The van der Waals surface area contributed by atoms with Crippen LogP contribution in [0, 0.1) is 0 Å². The maximum atomic E-state index is 12.4. The van der Waals surface area contributed by atoms with Crippen LogP contribution in [0.4, 0.5) is 0 Å². The average molecular weight is 345 g/mol. The summed E-state index contributed by atoms with van der Waals surface area (Å²) in [7, 11) is 0. The Kier molecular flexibility index (Phi) is 6.72. The number of carbonyl (C=O) groups excluding carboxylic acids is 1. The fourth-order valence-electron chi connectivity index (χ4n) is 2.37. The Hall–Kier alpha value is -1.23. The van der Waals surface area contributed by atoms with Gasteiger partial charge in [-0.1, -0.05) is 25.4 Å². The number of hydrogen-bond donors (Lipinski definition) is 2. The maximum Gasteiger partial charge on any atom is 0.251 e. The van der Waals surface area contributed by atoms with Gasteiger partial charge in [-0.15, -0.1) is 12.4 Å². The van der Waals surface area contributed by atoms with Crippen LogP contribution in [0.1, 0.15) is 32.3 Å². The number of hydrogen-bond acceptors (Lipinski definition) is 3. The molecule has 4 nitrogen and oxygen atoms in total. The third kappa shape index (κ3) is 3.94. The van der Waals surface area contributed by atoms with E-state index in [0.29, 0.717) is 17.1 Å². The molecule has 22 heavy (non-hydrogen) atoms. The molecule has 1 heterocycles. The van der Waals surface area contributed by atoms with Gasteiger partial charge in [0.25, 0.3) is 5.91 Å². The number of benzene rings is 1. The summed E-state index contributed by atoms with van der Waals surface area (Å²) in [5, 5.41) is 3.67. The van der Waals surface area contributed by atoms with Crippen LogP contribution in [-0.2, 0) is 4.79 Å². The van der Waals surface area contributed by atoms with Crippen molar-refractivity contribution in [2.24, 2.45) is 5.73 Å². The first-order chi connectivity index (χ1) is 10.0. The lowest BCUT2D eigenvalue weighted by molar-refractivity contribution is -0.119. The van der Waals surface area contributed by atoms with E-state index in [-0.39, 0.29) is 30.5 Å². The molecule has 0 bridgehead atoms. The Morgan fingerprint density at radius 2 is 2.09 bits per heavy atom. The molecule has 2 rings (SSSR count). The molecular formula is C16H22Cl2N2O2. The highest BCUT2D eigenvalue weighted by molar-refractivity contribution is 6.30. The van der Waals surface area contributed by atoms with E-state index in [1.54, 1.807) is 12.1 Å². The molecule has 0 saturated carbocycles. The predicted octanol–water partition coefficient (Wildman–Crippen LogP) is 3.17. The van der Waals surface area contributed by atoms with Gasteiger partial charge in [-0.25, -0.2) is 0 Å². The summed E-state index contributed by atoms with van der Waals surface area (Å²) in [6.45, 7) is 4.73. The van der Waals surface area contributed by atoms with Gasteiger partial charge in [0.1, 0.15) is 12.4 Å². The molecule has 0 atom stereocenters. The summed E-state index contributed by atoms with van der Waals surface area (Å²) in [5.41, 5.74) is 6.88. The molecule has 3 N–H and O–H groups in total. The second-order valence-corrected chi connectivity index (χ2v) is 5.72. The summed E-state index contributed by atoms with van der Waals surface area (Å²) >= 11 is 5.98. The lowest BCUT2D eigenvalue weighted by Crippen LogP contribution is -2.53. The number of nitrogens with two attached hydrogens (primary N) is 1. The van der Waals surface area contributed by atoms with Crippen molar-refractivity contribution in [1.29, 1.82) is 0 Å². The molecule has 1 aliphatic rings. The molecule has 122 valence electrons. The van der Waals surface area contributed by atoms with Gasteiger partial charge >= 0.3 is 0 Å². The summed E-state index contributed by atoms with van der Waals surface area (Å²) in [4.78, 5) is 12.4. The number of carbonyl (C=O) groups is 1. The molecular weight excluding hydrogens is 323 g/mol. The standard InChI is InChI=1S/C16H21ClN2O2.ClH/c1-3-16(4-2,10-18)19-15(20)12-7-11-8-13(17)5-6-14(11)21-9-12;/h5-8H,3-4,9-10,18H2,1-2H3,(H,19,20);1H. The molecule has 1 aromatic rings. The monoisotopic (exact) mass is 344 g/mol. The summed E-state index contributed by atoms with van der Waals surface area (Å²) in [6, 6.07) is 5.37. The molecule has 0 aromatic heterocycles. The van der Waals surface area contributed by atoms with E-state index in [1.165, 1.54) is 0 Å². The summed E-state index contributed by atoms with van der Waals surface area (Å²) in [6.07, 6.45) is 3.41. The zero-order chi connectivity index (χ0) is 15.5. The number of ether oxygens (including phenoxy) is 1. The van der Waals surface area contributed by atoms with Crippen molar-refractivity contribution in [3.05, 3.63) is 34.4 Å². The van der Waals surface area contributed by atoms with E-state index in [2.05, 4.69) is 5.32 Å². The van der Waals surface area contributed by atoms with Crippen molar-refractivity contribution in [3.63, 3.8) is 0 Å². The van der Waals surface area contributed by atoms with Crippen LogP contribution in [0.3, 0.4) is 0 Å². The van der Waals surface area contributed by atoms with Crippen molar-refractivity contribution in [2.45, 2.75) is 32.2 Å². The molecule has 0 spiro atoms. The van der Waals surface area contributed by atoms with Crippen molar-refractivity contribution < 1.29 is 9.53 Å². The van der Waals surface area contributed by atoms with Gasteiger partial charge in [-0.05, 0) is 37.1 Å². The predicted molar refractivity (Wildman–Crippen MR) is 92.7 cm³/mol. The first-order valence-corrected chi connectivity index (χ1v) is 7.57. The highest BCUT2D eigenvalue weighted by atomic mass is 35.5. The van der Waals surface area contributed by atoms with Gasteiger partial charge in [0, 0.05) is 17.1 Å². The third-order valence-corrected chi connectivity index (χ3v) is 4.33. The maximum absolute atomic E-state index is 12.4. The van der Waals surface area contributed by atoms with Crippen molar-refractivity contribution in [3.8, 4) is 5.75 Å². The Labute approximate surface area is 142 Å². The molecule has 0 aliphatic carbocycles. The fraction of sp³-hybridized carbons (Fsp3) is 0.438. The SMILES string of the molecule is CCC(CC)(CN)NC(=O)C1=Cc2cc(Cl)ccc2OC1.Cl. The molecule has 1 aliphatic heterocycles. The Balaban J connectivity index is 0.00000242. The third-order valence-electron chi connectivity index (χ3n) is 4.10. The van der Waals surface area contributed by atoms with E-state index >= 15 is 0 Å². The number of fused-ring (bicyclic) bond motifs is 1. The van der Waals surface area contributed by atoms with Crippen LogP contribution in [0.2, 0.25) is 5.02 Å². The first kappa shape index (κ1) is 18.8. The minimum Gasteiger partial charge on any atom is -0.488 e. The minimum atomic E-state index is -0.355. The summed E-state index contributed by atoms with van der Waals surface area (Å²) < 4.78 is 5.61. The van der Waals surface area contributed by atoms with E-state index < -0.39 is 0 Å². The number of nitrogens with one attached hydrogen (secondary N) is 1. The second kappa shape index (κ2) is 7.86. The molecule has 1 amide bonds. The van der Waals surface area contributed by atoms with Gasteiger partial charge in [0.2, 0.25) is 0 Å². The number of amides is 1. The van der Waals surface area contributed by atoms with Crippen LogP contribution >= 0.6 is 24.0 Å². The lowest BCUT2D eigenvalue weighted by atomic mass is 9.92. The highest BCUT2D eigenvalue weighted by Gasteiger charge is 2.28. The normalized spacial score (nSPS) is 13.4. The lowest BCUT2D eigenvalue weighted by Gasteiger charge is -2.32. The topological polar surface area (TPSA) is 64.3 Å². The van der Waals surface area contributed by atoms with E-state index in [9.17, 15) is 4.79 Å². The molecule has 0 saturated heterocycles. The molecule has 6 heteroatoms. The van der Waals surface area contributed by atoms with E-state index in [0.717, 1.165) is 24.2 Å². The van der Waals surface area contributed by atoms with E-state index in [1.807, 2.05) is 26.0 Å². The minimum absolute atomic E-state index is 0. The van der Waals surface area contributed by atoms with Gasteiger partial charge < -0.3 is 15.8 Å². The van der Waals surface area contributed by atoms with Crippen molar-refractivity contribution in [1.82, 2.24) is 5.32 Å². The van der Waals surface area contributed by atoms with Gasteiger partial charge in [-0.2, -0.15) is 0 Å². The van der Waals surface area contributed by atoms with Crippen LogP contribution in [0.25, 0.3) is 6.08 Å². The highest BCUT2D eigenvalue weighted by Crippen LogP contribution is 2.29. The van der Waals surface area contributed by atoms with Gasteiger partial charge in [-0.3, -0.25) is 4.79 Å². The molecule has 1 aromatic carbocycles. The molecule has 0 fully saturated rings. The Morgan fingerprint density at radius 3 is 2.68 bits per heavy atom. The number of rotatable bonds is 5. The fourth-order valence-corrected chi connectivity index (χ4v) is 2.55. The zero-order valence-corrected chi connectivity index (χ0v) is 14.4. The number of halogens is 2. The Bertz CT molecular complexity index is 561. The average Bonchev–Trinajstić information content (AvgIpc) is 2.51. The van der Waals surface area contributed by atoms with Crippen LogP contribution in [0.15, 0.2) is 23.8 Å². The molecule has 0 unspecified atom stereocenters. The van der Waals surface area contributed by atoms with Crippen LogP contribution in [0.5, 0.6) is 5.75 Å². The van der Waals surface area contributed by atoms with Gasteiger partial charge in [0.05, 0.1) is 11.1 Å². The zero-order valence-electron chi connectivity index (χ0n) is 12.8. The quantitative estimate of drug-likeness (QED) is 0.862. The van der Waals surface area contributed by atoms with Crippen molar-refractivity contribution in [2.75, 3.05) is 13.2 Å². The largest absolute Gasteiger partial charge is 0.488 e. The van der Waals surface area contributed by atoms with Crippen molar-refractivity contribution >= 4 is 36.0 Å². The first-order valence-electron chi connectivity index (χ1n) is 7.19. The molecule has 0 radical (unpaired) electrons.